The number of benzene rings is 2. The molecule has 3 rings (SSSR count). The number of nitrogens with zero attached hydrogens (tertiary/aromatic N) is 1. The standard InChI is InChI=1S/C19H17NO3S/c1-20(2)16-17(21)14-6-4-5-7-15(14)18(22)19(16)24-13-10-8-12(23-3)9-11-13/h4-11H,1-3H3. The van der Waals surface area contributed by atoms with Gasteiger partial charge in [-0.1, -0.05) is 36.0 Å². The summed E-state index contributed by atoms with van der Waals surface area (Å²) in [5, 5.41) is 0. The molecule has 0 aliphatic heterocycles. The lowest BCUT2D eigenvalue weighted by atomic mass is 9.92. The zero-order valence-corrected chi connectivity index (χ0v) is 14.5. The van der Waals surface area contributed by atoms with Gasteiger partial charge in [-0.05, 0) is 24.3 Å². The third kappa shape index (κ3) is 2.83. The van der Waals surface area contributed by atoms with Gasteiger partial charge in [0.05, 0.1) is 12.0 Å². The van der Waals surface area contributed by atoms with E-state index in [-0.39, 0.29) is 11.6 Å². The summed E-state index contributed by atoms with van der Waals surface area (Å²) < 4.78 is 5.15. The van der Waals surface area contributed by atoms with Crippen LogP contribution in [0.2, 0.25) is 0 Å². The van der Waals surface area contributed by atoms with E-state index in [0.717, 1.165) is 10.6 Å². The molecule has 122 valence electrons. The van der Waals surface area contributed by atoms with Gasteiger partial charge in [-0.25, -0.2) is 0 Å². The average Bonchev–Trinajstić information content (AvgIpc) is 2.60. The number of thioether (sulfide) groups is 1. The smallest absolute Gasteiger partial charge is 0.211 e. The molecular formula is C19H17NO3S. The van der Waals surface area contributed by atoms with Crippen molar-refractivity contribution in [2.75, 3.05) is 21.2 Å². The molecule has 0 fully saturated rings. The summed E-state index contributed by atoms with van der Waals surface area (Å²) in [6.45, 7) is 0. The van der Waals surface area contributed by atoms with Crippen LogP contribution in [0.5, 0.6) is 5.75 Å². The van der Waals surface area contributed by atoms with Gasteiger partial charge in [-0.15, -0.1) is 0 Å². The van der Waals surface area contributed by atoms with Gasteiger partial charge in [0, 0.05) is 30.1 Å². The SMILES string of the molecule is COc1ccc(SC2=C(N(C)C)C(=O)c3ccccc3C2=O)cc1. The average molecular weight is 339 g/mol. The van der Waals surface area contributed by atoms with Crippen LogP contribution in [0, 0.1) is 0 Å². The Morgan fingerprint density at radius 1 is 0.875 bits per heavy atom. The summed E-state index contributed by atoms with van der Waals surface area (Å²) >= 11 is 1.31. The van der Waals surface area contributed by atoms with Crippen molar-refractivity contribution in [1.82, 2.24) is 4.90 Å². The molecule has 0 aromatic heterocycles. The second-order valence-corrected chi connectivity index (χ2v) is 6.64. The Morgan fingerprint density at radius 3 is 2.00 bits per heavy atom. The topological polar surface area (TPSA) is 46.6 Å². The Kier molecular flexibility index (Phi) is 4.44. The molecule has 0 N–H and O–H groups in total. The van der Waals surface area contributed by atoms with Crippen LogP contribution in [-0.2, 0) is 0 Å². The molecule has 0 atom stereocenters. The first-order valence-corrected chi connectivity index (χ1v) is 8.26. The Balaban J connectivity index is 2.06. The van der Waals surface area contributed by atoms with Crippen LogP contribution in [0.4, 0.5) is 0 Å². The summed E-state index contributed by atoms with van der Waals surface area (Å²) in [6.07, 6.45) is 0. The van der Waals surface area contributed by atoms with E-state index >= 15 is 0 Å². The summed E-state index contributed by atoms with van der Waals surface area (Å²) in [5.41, 5.74) is 1.36. The van der Waals surface area contributed by atoms with E-state index in [4.69, 9.17) is 4.74 Å². The van der Waals surface area contributed by atoms with Crippen LogP contribution < -0.4 is 4.74 Å². The minimum atomic E-state index is -0.119. The van der Waals surface area contributed by atoms with E-state index in [9.17, 15) is 9.59 Å². The number of carbonyl (C=O) groups excluding carboxylic acids is 2. The van der Waals surface area contributed by atoms with E-state index in [0.29, 0.717) is 21.7 Å². The Morgan fingerprint density at radius 2 is 1.46 bits per heavy atom. The first kappa shape index (κ1) is 16.3. The highest BCUT2D eigenvalue weighted by Crippen LogP contribution is 2.38. The monoisotopic (exact) mass is 339 g/mol. The zero-order chi connectivity index (χ0) is 17.3. The molecule has 0 bridgehead atoms. The number of ether oxygens (including phenoxy) is 1. The van der Waals surface area contributed by atoms with Crippen molar-refractivity contribution in [3.8, 4) is 5.75 Å². The Bertz CT molecular complexity index is 838. The van der Waals surface area contributed by atoms with E-state index in [1.54, 1.807) is 50.4 Å². The number of likely N-dealkylation sites (N-methyl/N-ethyl adjacent to an activating group) is 1. The van der Waals surface area contributed by atoms with Crippen molar-refractivity contribution in [1.29, 1.82) is 0 Å². The molecule has 1 aliphatic carbocycles. The first-order valence-electron chi connectivity index (χ1n) is 7.45. The van der Waals surface area contributed by atoms with Gasteiger partial charge in [0.2, 0.25) is 11.6 Å². The van der Waals surface area contributed by atoms with Gasteiger partial charge in [0.1, 0.15) is 11.4 Å². The second kappa shape index (κ2) is 6.53. The Labute approximate surface area is 145 Å². The number of hydrogen-bond acceptors (Lipinski definition) is 5. The van der Waals surface area contributed by atoms with Crippen molar-refractivity contribution in [2.24, 2.45) is 0 Å². The number of Topliss-reactive ketones (excluding diaryl/α,β-unsaturated/α-hetero) is 2. The molecular weight excluding hydrogens is 322 g/mol. The van der Waals surface area contributed by atoms with Crippen LogP contribution in [0.25, 0.3) is 0 Å². The lowest BCUT2D eigenvalue weighted by Gasteiger charge is -2.25. The number of rotatable bonds is 4. The molecule has 2 aromatic rings. The highest BCUT2D eigenvalue weighted by Gasteiger charge is 2.33. The first-order chi connectivity index (χ1) is 11.5. The van der Waals surface area contributed by atoms with Crippen molar-refractivity contribution in [2.45, 2.75) is 4.90 Å². The van der Waals surface area contributed by atoms with Gasteiger partial charge in [-0.2, -0.15) is 0 Å². The number of methoxy groups -OCH3 is 1. The predicted octanol–water partition coefficient (Wildman–Crippen LogP) is 3.64. The molecule has 0 spiro atoms. The zero-order valence-electron chi connectivity index (χ0n) is 13.7. The lowest BCUT2D eigenvalue weighted by molar-refractivity contribution is 0.0959. The van der Waals surface area contributed by atoms with Crippen molar-refractivity contribution in [3.63, 3.8) is 0 Å². The van der Waals surface area contributed by atoms with Gasteiger partial charge in [0.25, 0.3) is 0 Å². The minimum Gasteiger partial charge on any atom is -0.497 e. The van der Waals surface area contributed by atoms with Gasteiger partial charge < -0.3 is 9.64 Å². The number of hydrogen-bond donors (Lipinski definition) is 0. The minimum absolute atomic E-state index is 0.116. The van der Waals surface area contributed by atoms with Crippen LogP contribution >= 0.6 is 11.8 Å². The molecule has 5 heteroatoms. The molecule has 0 radical (unpaired) electrons. The third-order valence-electron chi connectivity index (χ3n) is 3.78. The summed E-state index contributed by atoms with van der Waals surface area (Å²) in [5.74, 6) is 0.512. The molecule has 0 saturated carbocycles. The third-order valence-corrected chi connectivity index (χ3v) is 4.87. The molecule has 4 nitrogen and oxygen atoms in total. The summed E-state index contributed by atoms with van der Waals surface area (Å²) in [7, 11) is 5.17. The maximum Gasteiger partial charge on any atom is 0.211 e. The fraction of sp³-hybridized carbons (Fsp3) is 0.158. The van der Waals surface area contributed by atoms with Crippen LogP contribution in [0.1, 0.15) is 20.7 Å². The second-order valence-electron chi connectivity index (χ2n) is 5.55. The molecule has 0 amide bonds. The predicted molar refractivity (Wildman–Crippen MR) is 94.7 cm³/mol. The highest BCUT2D eigenvalue weighted by atomic mass is 32.2. The van der Waals surface area contributed by atoms with Crippen molar-refractivity contribution < 1.29 is 14.3 Å². The molecule has 24 heavy (non-hydrogen) atoms. The van der Waals surface area contributed by atoms with E-state index in [1.165, 1.54) is 11.8 Å². The van der Waals surface area contributed by atoms with Gasteiger partial charge in [-0.3, -0.25) is 9.59 Å². The van der Waals surface area contributed by atoms with Crippen LogP contribution in [0.15, 0.2) is 64.0 Å². The van der Waals surface area contributed by atoms with E-state index < -0.39 is 0 Å². The van der Waals surface area contributed by atoms with E-state index in [2.05, 4.69) is 0 Å². The highest BCUT2D eigenvalue weighted by molar-refractivity contribution is 8.04. The fourth-order valence-corrected chi connectivity index (χ4v) is 3.68. The molecule has 1 aliphatic rings. The maximum absolute atomic E-state index is 12.9. The molecule has 0 heterocycles. The number of fused-ring (bicyclic) bond motifs is 1. The number of carbonyl (C=O) groups is 2. The lowest BCUT2D eigenvalue weighted by Crippen LogP contribution is -2.29. The number of ketones is 2. The quantitative estimate of drug-likeness (QED) is 0.851. The van der Waals surface area contributed by atoms with Gasteiger partial charge in [0.15, 0.2) is 0 Å². The molecule has 2 aromatic carbocycles. The van der Waals surface area contributed by atoms with Crippen LogP contribution in [-0.4, -0.2) is 37.7 Å². The fourth-order valence-electron chi connectivity index (χ4n) is 2.60. The van der Waals surface area contributed by atoms with Crippen molar-refractivity contribution >= 4 is 23.3 Å². The Hall–Kier alpha value is -2.53. The molecule has 0 saturated heterocycles. The number of allylic oxidation sites excluding steroid dienone is 2. The summed E-state index contributed by atoms with van der Waals surface area (Å²) in [4.78, 5) is 28.8. The van der Waals surface area contributed by atoms with Gasteiger partial charge >= 0.3 is 0 Å². The molecule has 0 unspecified atom stereocenters. The summed E-state index contributed by atoms with van der Waals surface area (Å²) in [6, 6.07) is 14.4. The largest absolute Gasteiger partial charge is 0.497 e. The van der Waals surface area contributed by atoms with E-state index in [1.807, 2.05) is 24.3 Å². The van der Waals surface area contributed by atoms with Crippen molar-refractivity contribution in [3.05, 3.63) is 70.3 Å². The van der Waals surface area contributed by atoms with Crippen LogP contribution in [0.3, 0.4) is 0 Å². The maximum atomic E-state index is 12.9. The normalized spacial score (nSPS) is 13.8.